The molecule has 0 bridgehead atoms. The van der Waals surface area contributed by atoms with E-state index in [4.69, 9.17) is 17.2 Å². The number of primary amides is 1. The van der Waals surface area contributed by atoms with Crippen LogP contribution in [0, 0.1) is 17.8 Å². The molecule has 0 unspecified atom stereocenters. The summed E-state index contributed by atoms with van der Waals surface area (Å²) in [6.07, 6.45) is 1.75. The van der Waals surface area contributed by atoms with Crippen molar-refractivity contribution in [2.75, 3.05) is 6.54 Å². The van der Waals surface area contributed by atoms with Gasteiger partial charge in [0.1, 0.15) is 30.2 Å². The highest BCUT2D eigenvalue weighted by atomic mass is 16.4. The van der Waals surface area contributed by atoms with E-state index in [9.17, 15) is 38.7 Å². The van der Waals surface area contributed by atoms with Crippen molar-refractivity contribution >= 4 is 41.4 Å². The van der Waals surface area contributed by atoms with Gasteiger partial charge in [-0.15, -0.1) is 0 Å². The summed E-state index contributed by atoms with van der Waals surface area (Å²) >= 11 is 0. The Bertz CT molecular complexity index is 1380. The number of carbonyl (C=O) groups is 7. The Morgan fingerprint density at radius 2 is 1.13 bits per heavy atom. The van der Waals surface area contributed by atoms with Crippen LogP contribution >= 0.6 is 0 Å². The molecular weight excluding hydrogens is 696 g/mol. The molecule has 0 spiro atoms. The second-order valence-electron chi connectivity index (χ2n) is 14.8. The molecule has 54 heavy (non-hydrogen) atoms. The minimum Gasteiger partial charge on any atom is -0.480 e. The number of benzene rings is 1. The molecule has 6 amide bonds. The molecule has 304 valence electrons. The Labute approximate surface area is 319 Å². The number of hydrogen-bond donors (Lipinski definition) is 9. The lowest BCUT2D eigenvalue weighted by molar-refractivity contribution is -0.144. The molecule has 1 rings (SSSR count). The molecule has 0 aliphatic carbocycles. The van der Waals surface area contributed by atoms with Gasteiger partial charge < -0.3 is 48.9 Å². The molecule has 0 radical (unpaired) electrons. The highest BCUT2D eigenvalue weighted by Gasteiger charge is 2.34. The smallest absolute Gasteiger partial charge is 0.326 e. The minimum atomic E-state index is -1.34. The number of aliphatic carboxylic acids is 1. The van der Waals surface area contributed by atoms with Crippen molar-refractivity contribution in [1.82, 2.24) is 26.6 Å². The Morgan fingerprint density at radius 1 is 0.667 bits per heavy atom. The number of carboxylic acid groups (broad SMARTS) is 1. The molecule has 0 aliphatic rings. The fraction of sp³-hybridized carbons (Fsp3) is 0.658. The fourth-order valence-corrected chi connectivity index (χ4v) is 5.72. The van der Waals surface area contributed by atoms with Gasteiger partial charge in [0.15, 0.2) is 0 Å². The molecule has 1 aromatic carbocycles. The van der Waals surface area contributed by atoms with Gasteiger partial charge in [0, 0.05) is 6.42 Å². The average molecular weight is 761 g/mol. The lowest BCUT2D eigenvalue weighted by Crippen LogP contribution is -2.59. The van der Waals surface area contributed by atoms with Crippen LogP contribution in [0.25, 0.3) is 0 Å². The molecule has 0 saturated heterocycles. The van der Waals surface area contributed by atoms with Crippen molar-refractivity contribution in [1.29, 1.82) is 0 Å². The minimum absolute atomic E-state index is 0.00457. The van der Waals surface area contributed by atoms with Crippen LogP contribution < -0.4 is 43.8 Å². The molecule has 0 heterocycles. The van der Waals surface area contributed by atoms with Gasteiger partial charge >= 0.3 is 5.97 Å². The monoisotopic (exact) mass is 760 g/mol. The summed E-state index contributed by atoms with van der Waals surface area (Å²) in [5.41, 5.74) is 18.1. The van der Waals surface area contributed by atoms with Gasteiger partial charge in [-0.25, -0.2) is 4.79 Å². The number of amides is 6. The van der Waals surface area contributed by atoms with Crippen LogP contribution in [0.15, 0.2) is 30.3 Å². The molecule has 0 aromatic heterocycles. The van der Waals surface area contributed by atoms with E-state index in [-0.39, 0.29) is 50.4 Å². The maximum Gasteiger partial charge on any atom is 0.326 e. The van der Waals surface area contributed by atoms with E-state index in [1.54, 1.807) is 13.8 Å². The second kappa shape index (κ2) is 24.7. The lowest BCUT2D eigenvalue weighted by Gasteiger charge is -2.28. The Hall–Kier alpha value is -4.57. The van der Waals surface area contributed by atoms with Crippen LogP contribution in [0.2, 0.25) is 0 Å². The van der Waals surface area contributed by atoms with E-state index in [2.05, 4.69) is 26.6 Å². The quantitative estimate of drug-likeness (QED) is 0.0593. The normalized spacial score (nSPS) is 15.1. The van der Waals surface area contributed by atoms with Gasteiger partial charge in [-0.2, -0.15) is 0 Å². The van der Waals surface area contributed by atoms with Gasteiger partial charge in [-0.05, 0) is 74.8 Å². The summed E-state index contributed by atoms with van der Waals surface area (Å²) in [7, 11) is 0. The molecule has 0 fully saturated rings. The van der Waals surface area contributed by atoms with Crippen LogP contribution in [0.5, 0.6) is 0 Å². The van der Waals surface area contributed by atoms with Crippen molar-refractivity contribution in [3.05, 3.63) is 35.9 Å². The zero-order valence-electron chi connectivity index (χ0n) is 32.7. The largest absolute Gasteiger partial charge is 0.480 e. The summed E-state index contributed by atoms with van der Waals surface area (Å²) < 4.78 is 0. The number of unbranched alkanes of at least 4 members (excludes halogenated alkanes) is 1. The van der Waals surface area contributed by atoms with E-state index >= 15 is 0 Å². The molecule has 16 heteroatoms. The number of nitrogens with two attached hydrogens (primary N) is 3. The Balaban J connectivity index is 3.27. The number of hydrogen-bond acceptors (Lipinski definition) is 9. The van der Waals surface area contributed by atoms with E-state index in [0.29, 0.717) is 25.8 Å². The predicted octanol–water partition coefficient (Wildman–Crippen LogP) is 0.598. The van der Waals surface area contributed by atoms with Gasteiger partial charge in [0.2, 0.25) is 35.4 Å². The van der Waals surface area contributed by atoms with Gasteiger partial charge in [0.05, 0.1) is 6.04 Å². The first-order chi connectivity index (χ1) is 25.4. The second-order valence-corrected chi connectivity index (χ2v) is 14.8. The summed E-state index contributed by atoms with van der Waals surface area (Å²) in [6.45, 7) is 11.3. The third-order valence-corrected chi connectivity index (χ3v) is 8.98. The molecule has 12 N–H and O–H groups in total. The fourth-order valence-electron chi connectivity index (χ4n) is 5.72. The van der Waals surface area contributed by atoms with Crippen LogP contribution in [0.4, 0.5) is 0 Å². The summed E-state index contributed by atoms with van der Waals surface area (Å²) in [5.74, 6) is -5.86. The van der Waals surface area contributed by atoms with Crippen molar-refractivity contribution in [3.63, 3.8) is 0 Å². The van der Waals surface area contributed by atoms with E-state index < -0.39 is 83.6 Å². The number of carboxylic acids is 1. The zero-order chi connectivity index (χ0) is 41.0. The first kappa shape index (κ1) is 47.5. The van der Waals surface area contributed by atoms with Crippen LogP contribution in [-0.4, -0.2) is 89.3 Å². The van der Waals surface area contributed by atoms with Crippen molar-refractivity contribution in [2.45, 2.75) is 136 Å². The highest BCUT2D eigenvalue weighted by Crippen LogP contribution is 2.13. The molecule has 0 saturated carbocycles. The van der Waals surface area contributed by atoms with Crippen LogP contribution in [0.1, 0.15) is 98.5 Å². The lowest BCUT2D eigenvalue weighted by atomic mass is 9.98. The molecule has 16 nitrogen and oxygen atoms in total. The maximum atomic E-state index is 13.9. The van der Waals surface area contributed by atoms with Crippen molar-refractivity contribution in [2.24, 2.45) is 35.0 Å². The molecular formula is C38H64N8O8. The molecule has 7 atom stereocenters. The van der Waals surface area contributed by atoms with Crippen molar-refractivity contribution in [3.8, 4) is 0 Å². The van der Waals surface area contributed by atoms with Gasteiger partial charge in [-0.1, -0.05) is 78.3 Å². The Kier molecular flexibility index (Phi) is 21.7. The molecule has 1 aromatic rings. The van der Waals surface area contributed by atoms with Gasteiger partial charge in [0.25, 0.3) is 0 Å². The summed E-state index contributed by atoms with van der Waals surface area (Å²) in [5, 5.41) is 23.0. The summed E-state index contributed by atoms with van der Waals surface area (Å²) in [6, 6.07) is 2.43. The first-order valence-corrected chi connectivity index (χ1v) is 18.9. The standard InChI is InChI=1S/C38H64N8O8/c1-7-24(6)32(38(53)54)46-35(50)28(16-17-31(41)47)43-34(49)27(15-11-12-18-39)42-36(51)30(20-23(4)5)45-37(52)29(19-22(2)3)44-33(48)26(40)21-25-13-9-8-10-14-25/h8-10,13-14,22-24,26-30,32H,7,11-12,15-21,39-40H2,1-6H3,(H2,41,47)(H,42,51)(H,43,49)(H,44,48)(H,45,52)(H,46,50)(H,53,54)/t24-,26-,27-,28-,29-,30-,32-/m0/s1. The molecule has 0 aliphatic heterocycles. The van der Waals surface area contributed by atoms with E-state index in [0.717, 1.165) is 5.56 Å². The topological polar surface area (TPSA) is 278 Å². The zero-order valence-corrected chi connectivity index (χ0v) is 32.7. The van der Waals surface area contributed by atoms with Crippen LogP contribution in [-0.2, 0) is 40.0 Å². The SMILES string of the molecule is CC[C@H](C)[C@H](NC(=O)[C@H](CCC(N)=O)NC(=O)[C@H](CCCCN)NC(=O)[C@H](CC(C)C)NC(=O)[C@H](CC(C)C)NC(=O)[C@@H](N)Cc1ccccc1)C(=O)O. The number of carbonyl (C=O) groups excluding carboxylic acids is 6. The maximum absolute atomic E-state index is 13.9. The third-order valence-electron chi connectivity index (χ3n) is 8.98. The van der Waals surface area contributed by atoms with Crippen molar-refractivity contribution < 1.29 is 38.7 Å². The average Bonchev–Trinajstić information content (AvgIpc) is 3.10. The predicted molar refractivity (Wildman–Crippen MR) is 205 cm³/mol. The van der Waals surface area contributed by atoms with E-state index in [1.807, 2.05) is 58.0 Å². The third kappa shape index (κ3) is 18.0. The van der Waals surface area contributed by atoms with Crippen LogP contribution in [0.3, 0.4) is 0 Å². The van der Waals surface area contributed by atoms with Gasteiger partial charge in [-0.3, -0.25) is 28.8 Å². The number of rotatable bonds is 26. The number of nitrogens with one attached hydrogen (secondary N) is 5. The summed E-state index contributed by atoms with van der Waals surface area (Å²) in [4.78, 5) is 91.2. The highest BCUT2D eigenvalue weighted by molar-refractivity contribution is 5.96. The van der Waals surface area contributed by atoms with E-state index in [1.165, 1.54) is 0 Å². The Morgan fingerprint density at radius 3 is 1.59 bits per heavy atom. The first-order valence-electron chi connectivity index (χ1n) is 18.9.